The number of hydrogen-bond acceptors (Lipinski definition) is 5. The van der Waals surface area contributed by atoms with E-state index in [1.807, 2.05) is 17.0 Å². The molecular weight excluding hydrogens is 552 g/mol. The normalized spacial score (nSPS) is 14.1. The van der Waals surface area contributed by atoms with Crippen molar-refractivity contribution in [2.24, 2.45) is 0 Å². The second kappa shape index (κ2) is 12.4. The van der Waals surface area contributed by atoms with E-state index in [0.717, 1.165) is 25.2 Å². The Hall–Kier alpha value is -3.76. The number of anilines is 1. The minimum Gasteiger partial charge on any atom is -0.368 e. The molecule has 41 heavy (non-hydrogen) atoms. The predicted octanol–water partition coefficient (Wildman–Crippen LogP) is 6.77. The van der Waals surface area contributed by atoms with E-state index in [9.17, 15) is 22.4 Å². The summed E-state index contributed by atoms with van der Waals surface area (Å²) in [7, 11) is 0. The largest absolute Gasteiger partial charge is 0.416 e. The van der Waals surface area contributed by atoms with Crippen LogP contribution in [-0.4, -0.2) is 46.9 Å². The number of thiazole rings is 1. The molecule has 4 aromatic rings. The van der Waals surface area contributed by atoms with Gasteiger partial charge < -0.3 is 9.80 Å². The van der Waals surface area contributed by atoms with Gasteiger partial charge in [0.1, 0.15) is 16.5 Å². The zero-order valence-corrected chi connectivity index (χ0v) is 23.4. The number of aryl methyl sites for hydroxylation is 1. The van der Waals surface area contributed by atoms with Crippen LogP contribution in [0.2, 0.25) is 0 Å². The summed E-state index contributed by atoms with van der Waals surface area (Å²) in [6.07, 6.45) is -4.46. The van der Waals surface area contributed by atoms with Crippen LogP contribution in [0.5, 0.6) is 0 Å². The molecule has 214 valence electrons. The Morgan fingerprint density at radius 1 is 0.927 bits per heavy atom. The summed E-state index contributed by atoms with van der Waals surface area (Å²) >= 11 is 1.32. The number of para-hydroxylation sites is 1. The van der Waals surface area contributed by atoms with Crippen LogP contribution in [0.4, 0.5) is 23.2 Å². The van der Waals surface area contributed by atoms with Gasteiger partial charge in [-0.1, -0.05) is 54.6 Å². The number of aromatic nitrogens is 1. The van der Waals surface area contributed by atoms with Crippen molar-refractivity contribution in [2.45, 2.75) is 32.7 Å². The molecule has 5 rings (SSSR count). The number of piperazine rings is 1. The van der Waals surface area contributed by atoms with Crippen LogP contribution in [0, 0.1) is 12.7 Å². The van der Waals surface area contributed by atoms with Gasteiger partial charge >= 0.3 is 6.18 Å². The molecule has 5 nitrogen and oxygen atoms in total. The molecule has 0 N–H and O–H groups in total. The van der Waals surface area contributed by atoms with E-state index < -0.39 is 11.7 Å². The molecule has 0 spiro atoms. The number of rotatable bonds is 8. The zero-order valence-electron chi connectivity index (χ0n) is 22.6. The fourth-order valence-electron chi connectivity index (χ4n) is 5.04. The van der Waals surface area contributed by atoms with Crippen molar-refractivity contribution in [3.63, 3.8) is 0 Å². The van der Waals surface area contributed by atoms with Crippen molar-refractivity contribution in [3.05, 3.63) is 117 Å². The van der Waals surface area contributed by atoms with Gasteiger partial charge in [0.25, 0.3) is 5.91 Å². The van der Waals surface area contributed by atoms with Crippen LogP contribution >= 0.6 is 11.3 Å². The summed E-state index contributed by atoms with van der Waals surface area (Å²) in [6, 6.07) is 19.7. The van der Waals surface area contributed by atoms with Gasteiger partial charge in [-0.25, -0.2) is 9.37 Å². The maximum Gasteiger partial charge on any atom is 0.416 e. The van der Waals surface area contributed by atoms with Crippen LogP contribution < -0.4 is 4.90 Å². The van der Waals surface area contributed by atoms with E-state index in [1.54, 1.807) is 34.5 Å². The molecule has 1 amide bonds. The quantitative estimate of drug-likeness (QED) is 0.215. The highest BCUT2D eigenvalue weighted by molar-refractivity contribution is 7.09. The lowest BCUT2D eigenvalue weighted by Crippen LogP contribution is -2.49. The fraction of sp³-hybridized carbons (Fsp3) is 0.290. The average Bonchev–Trinajstić information content (AvgIpc) is 3.42. The van der Waals surface area contributed by atoms with Crippen molar-refractivity contribution in [1.29, 1.82) is 0 Å². The molecule has 1 aromatic heterocycles. The summed E-state index contributed by atoms with van der Waals surface area (Å²) in [4.78, 5) is 23.7. The molecule has 1 aliphatic rings. The zero-order chi connectivity index (χ0) is 29.0. The Morgan fingerprint density at radius 3 is 2.39 bits per heavy atom. The number of hydrogen-bond donors (Lipinski definition) is 0. The summed E-state index contributed by atoms with van der Waals surface area (Å²) in [5, 5.41) is 2.35. The minimum atomic E-state index is -4.46. The highest BCUT2D eigenvalue weighted by Gasteiger charge is 2.30. The molecule has 2 heterocycles. The lowest BCUT2D eigenvalue weighted by molar-refractivity contribution is -0.137. The Bertz CT molecular complexity index is 1500. The highest BCUT2D eigenvalue weighted by atomic mass is 32.1. The molecule has 0 atom stereocenters. The first-order chi connectivity index (χ1) is 19.7. The van der Waals surface area contributed by atoms with Crippen LogP contribution in [0.25, 0.3) is 0 Å². The molecule has 1 aliphatic heterocycles. The van der Waals surface area contributed by atoms with Crippen molar-refractivity contribution >= 4 is 22.9 Å². The van der Waals surface area contributed by atoms with Crippen LogP contribution in [0.1, 0.15) is 37.7 Å². The van der Waals surface area contributed by atoms with E-state index in [-0.39, 0.29) is 31.4 Å². The van der Waals surface area contributed by atoms with Gasteiger partial charge in [0.2, 0.25) is 0 Å². The third-order valence-corrected chi connectivity index (χ3v) is 8.00. The van der Waals surface area contributed by atoms with Crippen LogP contribution in [-0.2, 0) is 25.8 Å². The van der Waals surface area contributed by atoms with Gasteiger partial charge in [-0.05, 0) is 36.2 Å². The molecule has 0 radical (unpaired) electrons. The molecule has 10 heteroatoms. The first-order valence-corrected chi connectivity index (χ1v) is 14.2. The SMILES string of the molecule is Cc1ccccc1N1CCN(C(=O)c2csc(CN(Cc3cccc(C(F)(F)F)c3)Cc3ccccc3F)n2)CC1. The molecule has 0 aliphatic carbocycles. The lowest BCUT2D eigenvalue weighted by Gasteiger charge is -2.36. The number of carbonyl (C=O) groups excluding carboxylic acids is 1. The number of carbonyl (C=O) groups is 1. The molecule has 3 aromatic carbocycles. The Labute approximate surface area is 240 Å². The maximum atomic E-state index is 14.5. The lowest BCUT2D eigenvalue weighted by atomic mass is 10.1. The number of nitrogens with zero attached hydrogens (tertiary/aromatic N) is 4. The monoisotopic (exact) mass is 582 g/mol. The molecule has 0 unspecified atom stereocenters. The smallest absolute Gasteiger partial charge is 0.368 e. The highest BCUT2D eigenvalue weighted by Crippen LogP contribution is 2.30. The standard InChI is InChI=1S/C31H30F4N4OS/c1-22-7-2-5-12-28(22)38-13-15-39(16-14-38)30(40)27-21-41-29(36-27)20-37(19-24-9-3-4-11-26(24)32)18-23-8-6-10-25(17-23)31(33,34)35/h2-12,17,21H,13-16,18-20H2,1H3. The van der Waals surface area contributed by atoms with Crippen molar-refractivity contribution < 1.29 is 22.4 Å². The molecule has 0 bridgehead atoms. The van der Waals surface area contributed by atoms with Crippen LogP contribution in [0.3, 0.4) is 0 Å². The van der Waals surface area contributed by atoms with E-state index in [4.69, 9.17) is 0 Å². The number of halogens is 4. The van der Waals surface area contributed by atoms with Gasteiger partial charge in [0, 0.05) is 55.9 Å². The molecule has 1 saturated heterocycles. The third-order valence-electron chi connectivity index (χ3n) is 7.17. The number of amides is 1. The fourth-order valence-corrected chi connectivity index (χ4v) is 5.85. The number of benzene rings is 3. The van der Waals surface area contributed by atoms with Gasteiger partial charge in [-0.3, -0.25) is 9.69 Å². The summed E-state index contributed by atoms with van der Waals surface area (Å²) in [5.41, 5.74) is 2.87. The molecular formula is C31H30F4N4OS. The van der Waals surface area contributed by atoms with Gasteiger partial charge in [-0.2, -0.15) is 13.2 Å². The van der Waals surface area contributed by atoms with Crippen molar-refractivity contribution in [2.75, 3.05) is 31.1 Å². The predicted molar refractivity (Wildman–Crippen MR) is 152 cm³/mol. The number of alkyl halides is 3. The third kappa shape index (κ3) is 7.12. The Morgan fingerprint density at radius 2 is 1.66 bits per heavy atom. The minimum absolute atomic E-state index is 0.143. The first-order valence-electron chi connectivity index (χ1n) is 13.3. The topological polar surface area (TPSA) is 39.7 Å². The van der Waals surface area contributed by atoms with Crippen molar-refractivity contribution in [1.82, 2.24) is 14.8 Å². The second-order valence-electron chi connectivity index (χ2n) is 10.1. The van der Waals surface area contributed by atoms with Gasteiger partial charge in [0.05, 0.1) is 12.1 Å². The second-order valence-corrected chi connectivity index (χ2v) is 11.1. The molecule has 0 saturated carbocycles. The van der Waals surface area contributed by atoms with E-state index in [0.29, 0.717) is 34.9 Å². The Kier molecular flexibility index (Phi) is 8.70. The molecule has 1 fully saturated rings. The van der Waals surface area contributed by atoms with E-state index in [1.165, 1.54) is 34.7 Å². The van der Waals surface area contributed by atoms with Crippen LogP contribution in [0.15, 0.2) is 78.2 Å². The summed E-state index contributed by atoms with van der Waals surface area (Å²) in [6.45, 7) is 5.26. The van der Waals surface area contributed by atoms with Gasteiger partial charge in [-0.15, -0.1) is 11.3 Å². The van der Waals surface area contributed by atoms with Gasteiger partial charge in [0.15, 0.2) is 0 Å². The average molecular weight is 583 g/mol. The van der Waals surface area contributed by atoms with E-state index in [2.05, 4.69) is 28.9 Å². The maximum absolute atomic E-state index is 14.5. The Balaban J connectivity index is 1.28. The van der Waals surface area contributed by atoms with E-state index >= 15 is 0 Å². The summed E-state index contributed by atoms with van der Waals surface area (Å²) < 4.78 is 54.4. The summed E-state index contributed by atoms with van der Waals surface area (Å²) in [5.74, 6) is -0.531. The first kappa shape index (κ1) is 28.8. The van der Waals surface area contributed by atoms with Crippen molar-refractivity contribution in [3.8, 4) is 0 Å².